The van der Waals surface area contributed by atoms with Crippen molar-refractivity contribution in [3.05, 3.63) is 18.3 Å². The molecule has 1 aromatic heterocycles. The summed E-state index contributed by atoms with van der Waals surface area (Å²) in [5.41, 5.74) is 0. The molecule has 0 bridgehead atoms. The van der Waals surface area contributed by atoms with Gasteiger partial charge in [-0.15, -0.1) is 0 Å². The van der Waals surface area contributed by atoms with Gasteiger partial charge in [0.15, 0.2) is 0 Å². The van der Waals surface area contributed by atoms with Gasteiger partial charge in [-0.05, 0) is 51.0 Å². The van der Waals surface area contributed by atoms with Gasteiger partial charge in [0.25, 0.3) is 0 Å². The first-order valence-electron chi connectivity index (χ1n) is 6.20. The van der Waals surface area contributed by atoms with E-state index in [1.807, 2.05) is 12.1 Å². The number of ether oxygens (including phenoxy) is 1. The Morgan fingerprint density at radius 3 is 2.76 bits per heavy atom. The maximum Gasteiger partial charge on any atom is 0.137 e. The molecule has 0 amide bonds. The minimum Gasteiger partial charge on any atom is -0.495 e. The van der Waals surface area contributed by atoms with E-state index in [1.54, 1.807) is 13.3 Å². The molecule has 2 rings (SSSR count). The molecule has 0 radical (unpaired) electrons. The van der Waals surface area contributed by atoms with Crippen LogP contribution in [0.5, 0.6) is 5.75 Å². The summed E-state index contributed by atoms with van der Waals surface area (Å²) in [5, 5.41) is 3.40. The van der Waals surface area contributed by atoms with Gasteiger partial charge in [-0.2, -0.15) is 0 Å². The second-order valence-corrected chi connectivity index (χ2v) is 4.71. The van der Waals surface area contributed by atoms with Crippen LogP contribution in [-0.2, 0) is 0 Å². The van der Waals surface area contributed by atoms with E-state index in [-0.39, 0.29) is 0 Å². The lowest BCUT2D eigenvalue weighted by molar-refractivity contribution is 0.226. The summed E-state index contributed by atoms with van der Waals surface area (Å²) in [6, 6.07) is 3.90. The van der Waals surface area contributed by atoms with Crippen LogP contribution in [0.2, 0.25) is 0 Å². The van der Waals surface area contributed by atoms with E-state index in [9.17, 15) is 0 Å². The monoisotopic (exact) mass is 235 g/mol. The minimum absolute atomic E-state index is 0.773. The molecule has 0 spiro atoms. The summed E-state index contributed by atoms with van der Waals surface area (Å²) < 4.78 is 5.08. The fourth-order valence-corrected chi connectivity index (χ4v) is 2.12. The lowest BCUT2D eigenvalue weighted by atomic mass is 9.97. The zero-order valence-corrected chi connectivity index (χ0v) is 10.6. The van der Waals surface area contributed by atoms with Crippen LogP contribution in [0.1, 0.15) is 12.8 Å². The smallest absolute Gasteiger partial charge is 0.137 e. The second-order valence-electron chi connectivity index (χ2n) is 4.71. The van der Waals surface area contributed by atoms with Crippen LogP contribution in [0.25, 0.3) is 0 Å². The first-order valence-corrected chi connectivity index (χ1v) is 6.20. The van der Waals surface area contributed by atoms with Gasteiger partial charge in [0.2, 0.25) is 0 Å². The van der Waals surface area contributed by atoms with E-state index >= 15 is 0 Å². The van der Waals surface area contributed by atoms with Crippen molar-refractivity contribution in [1.82, 2.24) is 9.88 Å². The highest BCUT2D eigenvalue weighted by atomic mass is 16.5. The Kier molecular flexibility index (Phi) is 4.20. The molecule has 4 nitrogen and oxygen atoms in total. The quantitative estimate of drug-likeness (QED) is 0.864. The van der Waals surface area contributed by atoms with Gasteiger partial charge >= 0.3 is 0 Å². The van der Waals surface area contributed by atoms with Crippen molar-refractivity contribution < 1.29 is 4.74 Å². The number of rotatable bonds is 4. The first kappa shape index (κ1) is 12.2. The fourth-order valence-electron chi connectivity index (χ4n) is 2.12. The van der Waals surface area contributed by atoms with Crippen LogP contribution in [0, 0.1) is 5.92 Å². The van der Waals surface area contributed by atoms with Gasteiger partial charge in [0, 0.05) is 6.54 Å². The Hall–Kier alpha value is -1.29. The standard InChI is InChI=1S/C13H21N3O/c1-16-7-5-11(6-8-16)9-14-13-4-3-12(17-2)10-15-13/h3-4,10-11H,5-9H2,1-2H3,(H,14,15). The number of piperidine rings is 1. The molecule has 17 heavy (non-hydrogen) atoms. The molecule has 1 saturated heterocycles. The van der Waals surface area contributed by atoms with Crippen molar-refractivity contribution in [2.75, 3.05) is 39.1 Å². The van der Waals surface area contributed by atoms with Gasteiger partial charge < -0.3 is 15.0 Å². The Morgan fingerprint density at radius 1 is 1.41 bits per heavy atom. The lowest BCUT2D eigenvalue weighted by Gasteiger charge is -2.29. The third-order valence-corrected chi connectivity index (χ3v) is 3.38. The predicted octanol–water partition coefficient (Wildman–Crippen LogP) is 1.84. The van der Waals surface area contributed by atoms with Gasteiger partial charge in [0.1, 0.15) is 11.6 Å². The SMILES string of the molecule is COc1ccc(NCC2CCN(C)CC2)nc1. The number of methoxy groups -OCH3 is 1. The van der Waals surface area contributed by atoms with Crippen LogP contribution in [0.4, 0.5) is 5.82 Å². The highest BCUT2D eigenvalue weighted by molar-refractivity contribution is 5.37. The number of aromatic nitrogens is 1. The minimum atomic E-state index is 0.773. The summed E-state index contributed by atoms with van der Waals surface area (Å²) in [6.45, 7) is 3.44. The predicted molar refractivity (Wildman–Crippen MR) is 69.5 cm³/mol. The summed E-state index contributed by atoms with van der Waals surface area (Å²) >= 11 is 0. The zero-order chi connectivity index (χ0) is 12.1. The molecule has 0 saturated carbocycles. The largest absolute Gasteiger partial charge is 0.495 e. The maximum absolute atomic E-state index is 5.08. The maximum atomic E-state index is 5.08. The zero-order valence-electron chi connectivity index (χ0n) is 10.6. The number of hydrogen-bond acceptors (Lipinski definition) is 4. The van der Waals surface area contributed by atoms with E-state index in [0.717, 1.165) is 24.0 Å². The molecule has 1 aliphatic rings. The third-order valence-electron chi connectivity index (χ3n) is 3.38. The van der Waals surface area contributed by atoms with Gasteiger partial charge in [0.05, 0.1) is 13.3 Å². The van der Waals surface area contributed by atoms with Crippen LogP contribution in [0.15, 0.2) is 18.3 Å². The summed E-state index contributed by atoms with van der Waals surface area (Å²) in [6.07, 6.45) is 4.30. The topological polar surface area (TPSA) is 37.4 Å². The average Bonchev–Trinajstić information content (AvgIpc) is 2.39. The normalized spacial score (nSPS) is 18.0. The molecular weight excluding hydrogens is 214 g/mol. The van der Waals surface area contributed by atoms with E-state index < -0.39 is 0 Å². The number of pyridine rings is 1. The van der Waals surface area contributed by atoms with Gasteiger partial charge in [-0.25, -0.2) is 4.98 Å². The molecule has 1 fully saturated rings. The highest BCUT2D eigenvalue weighted by Crippen LogP contribution is 2.17. The molecular formula is C13H21N3O. The van der Waals surface area contributed by atoms with Crippen LogP contribution in [-0.4, -0.2) is 43.7 Å². The van der Waals surface area contributed by atoms with Crippen LogP contribution >= 0.6 is 0 Å². The molecule has 94 valence electrons. The van der Waals surface area contributed by atoms with Crippen LogP contribution in [0.3, 0.4) is 0 Å². The number of hydrogen-bond donors (Lipinski definition) is 1. The Balaban J connectivity index is 1.77. The molecule has 1 N–H and O–H groups in total. The second kappa shape index (κ2) is 5.87. The van der Waals surface area contributed by atoms with Crippen molar-refractivity contribution in [1.29, 1.82) is 0 Å². The fraction of sp³-hybridized carbons (Fsp3) is 0.615. The first-order chi connectivity index (χ1) is 8.28. The molecule has 1 aliphatic heterocycles. The average molecular weight is 235 g/mol. The summed E-state index contributed by atoms with van der Waals surface area (Å²) in [5.74, 6) is 2.51. The molecule has 1 aromatic rings. The highest BCUT2D eigenvalue weighted by Gasteiger charge is 2.16. The van der Waals surface area contributed by atoms with Crippen molar-refractivity contribution in [3.63, 3.8) is 0 Å². The van der Waals surface area contributed by atoms with E-state index in [2.05, 4.69) is 22.2 Å². The van der Waals surface area contributed by atoms with Crippen molar-refractivity contribution >= 4 is 5.82 Å². The van der Waals surface area contributed by atoms with Crippen molar-refractivity contribution in [3.8, 4) is 5.75 Å². The number of likely N-dealkylation sites (tertiary alicyclic amines) is 1. The Morgan fingerprint density at radius 2 is 2.18 bits per heavy atom. The van der Waals surface area contributed by atoms with E-state index in [1.165, 1.54) is 25.9 Å². The van der Waals surface area contributed by atoms with Crippen LogP contribution < -0.4 is 10.1 Å². The van der Waals surface area contributed by atoms with E-state index in [0.29, 0.717) is 0 Å². The molecule has 4 heteroatoms. The molecule has 0 unspecified atom stereocenters. The van der Waals surface area contributed by atoms with Crippen molar-refractivity contribution in [2.24, 2.45) is 5.92 Å². The molecule has 0 atom stereocenters. The summed E-state index contributed by atoms with van der Waals surface area (Å²) in [4.78, 5) is 6.69. The van der Waals surface area contributed by atoms with Crippen molar-refractivity contribution in [2.45, 2.75) is 12.8 Å². The Labute approximate surface area is 103 Å². The number of nitrogens with one attached hydrogen (secondary N) is 1. The number of nitrogens with zero attached hydrogens (tertiary/aromatic N) is 2. The summed E-state index contributed by atoms with van der Waals surface area (Å²) in [7, 11) is 3.84. The molecule has 0 aromatic carbocycles. The van der Waals surface area contributed by atoms with Gasteiger partial charge in [-0.3, -0.25) is 0 Å². The van der Waals surface area contributed by atoms with E-state index in [4.69, 9.17) is 4.74 Å². The lowest BCUT2D eigenvalue weighted by Crippen LogP contribution is -2.33. The van der Waals surface area contributed by atoms with Gasteiger partial charge in [-0.1, -0.05) is 0 Å². The third kappa shape index (κ3) is 3.60. The molecule has 2 heterocycles. The number of anilines is 1. The molecule has 0 aliphatic carbocycles. The Bertz CT molecular complexity index is 331.